The second-order valence-corrected chi connectivity index (χ2v) is 11.7. The molecule has 0 N–H and O–H groups in total. The summed E-state index contributed by atoms with van der Waals surface area (Å²) in [7, 11) is -2.88. The molecule has 0 aromatic rings. The van der Waals surface area contributed by atoms with E-state index in [0.717, 1.165) is 25.2 Å². The Bertz CT molecular complexity index is 457. The molecular formula is C17H31BrO2S. The molecule has 4 heteroatoms. The van der Waals surface area contributed by atoms with Gasteiger partial charge in [-0.2, -0.15) is 0 Å². The molecule has 0 amide bonds. The van der Waals surface area contributed by atoms with Crippen LogP contribution in [-0.4, -0.2) is 24.8 Å². The highest BCUT2D eigenvalue weighted by Crippen LogP contribution is 2.51. The number of rotatable bonds is 3. The fraction of sp³-hybridized carbons (Fsp3) is 1.00. The highest BCUT2D eigenvalue weighted by molar-refractivity contribution is 9.09. The van der Waals surface area contributed by atoms with Crippen molar-refractivity contribution in [1.29, 1.82) is 0 Å². The molecule has 21 heavy (non-hydrogen) atoms. The molecule has 2 rings (SSSR count). The number of alkyl halides is 1. The van der Waals surface area contributed by atoms with Gasteiger partial charge in [0.1, 0.15) is 9.84 Å². The highest BCUT2D eigenvalue weighted by atomic mass is 79.9. The second-order valence-electron chi connectivity index (χ2n) is 8.18. The van der Waals surface area contributed by atoms with Crippen molar-refractivity contribution in [1.82, 2.24) is 0 Å². The minimum Gasteiger partial charge on any atom is -0.229 e. The number of halogens is 1. The standard InChI is InChI=1S/C17H31BrO2S/c1-12-8-9-15(16(18)10-12)17(2,3)13-6-5-7-14(11-13)21(4,19)20/h12-16H,5-11H2,1-4H3. The average molecular weight is 379 g/mol. The minimum atomic E-state index is -2.88. The Kier molecular flexibility index (Phi) is 5.51. The predicted octanol–water partition coefficient (Wildman–Crippen LogP) is 4.82. The van der Waals surface area contributed by atoms with Crippen LogP contribution in [0, 0.1) is 23.2 Å². The van der Waals surface area contributed by atoms with E-state index in [2.05, 4.69) is 36.7 Å². The third-order valence-corrected chi connectivity index (χ3v) is 8.93. The molecule has 0 aromatic carbocycles. The van der Waals surface area contributed by atoms with E-state index in [1.165, 1.54) is 31.9 Å². The lowest BCUT2D eigenvalue weighted by Crippen LogP contribution is -2.43. The third kappa shape index (κ3) is 4.04. The average Bonchev–Trinajstić information content (AvgIpc) is 2.37. The maximum atomic E-state index is 11.9. The first-order valence-electron chi connectivity index (χ1n) is 8.45. The molecule has 2 aliphatic carbocycles. The zero-order valence-electron chi connectivity index (χ0n) is 13.9. The molecular weight excluding hydrogens is 348 g/mol. The molecule has 2 aliphatic rings. The predicted molar refractivity (Wildman–Crippen MR) is 93.6 cm³/mol. The van der Waals surface area contributed by atoms with Gasteiger partial charge in [0.15, 0.2) is 0 Å². The molecule has 2 fully saturated rings. The quantitative estimate of drug-likeness (QED) is 0.659. The van der Waals surface area contributed by atoms with Crippen molar-refractivity contribution in [3.63, 3.8) is 0 Å². The lowest BCUT2D eigenvalue weighted by atomic mass is 9.60. The molecule has 0 bridgehead atoms. The highest BCUT2D eigenvalue weighted by Gasteiger charge is 2.44. The van der Waals surface area contributed by atoms with Gasteiger partial charge in [0.05, 0.1) is 5.25 Å². The topological polar surface area (TPSA) is 34.1 Å². The van der Waals surface area contributed by atoms with Crippen molar-refractivity contribution in [2.45, 2.75) is 75.8 Å². The summed E-state index contributed by atoms with van der Waals surface area (Å²) in [5.74, 6) is 2.04. The summed E-state index contributed by atoms with van der Waals surface area (Å²) >= 11 is 3.93. The minimum absolute atomic E-state index is 0.105. The first kappa shape index (κ1) is 17.8. The molecule has 2 nitrogen and oxygen atoms in total. The van der Waals surface area contributed by atoms with Crippen LogP contribution >= 0.6 is 15.9 Å². The maximum Gasteiger partial charge on any atom is 0.150 e. The zero-order valence-corrected chi connectivity index (χ0v) is 16.3. The van der Waals surface area contributed by atoms with Crippen LogP contribution in [-0.2, 0) is 9.84 Å². The Morgan fingerprint density at radius 2 is 1.71 bits per heavy atom. The third-order valence-electron chi connectivity index (χ3n) is 6.27. The molecule has 5 unspecified atom stereocenters. The van der Waals surface area contributed by atoms with Crippen molar-refractivity contribution in [2.75, 3.05) is 6.26 Å². The lowest BCUT2D eigenvalue weighted by Gasteiger charge is -2.48. The number of sulfone groups is 1. The van der Waals surface area contributed by atoms with Crippen LogP contribution in [0.5, 0.6) is 0 Å². The van der Waals surface area contributed by atoms with Crippen LogP contribution in [0.3, 0.4) is 0 Å². The Morgan fingerprint density at radius 3 is 2.29 bits per heavy atom. The smallest absolute Gasteiger partial charge is 0.150 e. The molecule has 5 atom stereocenters. The normalized spacial score (nSPS) is 39.2. The molecule has 0 heterocycles. The van der Waals surface area contributed by atoms with Gasteiger partial charge in [-0.3, -0.25) is 0 Å². The maximum absolute atomic E-state index is 11.9. The van der Waals surface area contributed by atoms with Gasteiger partial charge in [0, 0.05) is 11.1 Å². The van der Waals surface area contributed by atoms with E-state index < -0.39 is 9.84 Å². The molecule has 2 saturated carbocycles. The van der Waals surface area contributed by atoms with E-state index in [-0.39, 0.29) is 10.7 Å². The van der Waals surface area contributed by atoms with Gasteiger partial charge >= 0.3 is 0 Å². The van der Waals surface area contributed by atoms with Gasteiger partial charge in [-0.05, 0) is 55.3 Å². The summed E-state index contributed by atoms with van der Waals surface area (Å²) in [4.78, 5) is 0.592. The van der Waals surface area contributed by atoms with Gasteiger partial charge in [-0.1, -0.05) is 49.5 Å². The fourth-order valence-corrected chi connectivity index (χ4v) is 7.42. The van der Waals surface area contributed by atoms with Crippen LogP contribution in [0.2, 0.25) is 0 Å². The summed E-state index contributed by atoms with van der Waals surface area (Å²) in [5, 5.41) is -0.105. The molecule has 0 radical (unpaired) electrons. The summed E-state index contributed by atoms with van der Waals surface area (Å²) in [6.45, 7) is 7.12. The van der Waals surface area contributed by atoms with E-state index in [9.17, 15) is 8.42 Å². The van der Waals surface area contributed by atoms with Crippen molar-refractivity contribution in [3.8, 4) is 0 Å². The van der Waals surface area contributed by atoms with Crippen LogP contribution < -0.4 is 0 Å². The Hall–Kier alpha value is 0.430. The number of hydrogen-bond donors (Lipinski definition) is 0. The SMILES string of the molecule is CC1CCC(C(C)(C)C2CCCC(S(C)(=O)=O)C2)C(Br)C1. The van der Waals surface area contributed by atoms with E-state index >= 15 is 0 Å². The van der Waals surface area contributed by atoms with Crippen molar-refractivity contribution in [2.24, 2.45) is 23.2 Å². The number of hydrogen-bond acceptors (Lipinski definition) is 2. The van der Waals surface area contributed by atoms with Crippen LogP contribution in [0.4, 0.5) is 0 Å². The van der Waals surface area contributed by atoms with Crippen LogP contribution in [0.1, 0.15) is 65.7 Å². The van der Waals surface area contributed by atoms with E-state index in [1.54, 1.807) is 0 Å². The summed E-state index contributed by atoms with van der Waals surface area (Å²) in [6.07, 6.45) is 9.29. The van der Waals surface area contributed by atoms with E-state index in [4.69, 9.17) is 0 Å². The lowest BCUT2D eigenvalue weighted by molar-refractivity contribution is 0.0567. The largest absolute Gasteiger partial charge is 0.229 e. The Labute approximate surface area is 139 Å². The molecule has 0 aliphatic heterocycles. The van der Waals surface area contributed by atoms with Crippen LogP contribution in [0.25, 0.3) is 0 Å². The first-order chi connectivity index (χ1) is 9.62. The summed E-state index contributed by atoms with van der Waals surface area (Å²) in [5.41, 5.74) is 0.234. The monoisotopic (exact) mass is 378 g/mol. The summed E-state index contributed by atoms with van der Waals surface area (Å²) < 4.78 is 23.9. The second kappa shape index (κ2) is 6.51. The van der Waals surface area contributed by atoms with Gasteiger partial charge in [-0.15, -0.1) is 0 Å². The fourth-order valence-electron chi connectivity index (χ4n) is 4.66. The molecule has 0 spiro atoms. The first-order valence-corrected chi connectivity index (χ1v) is 11.3. The molecule has 0 aromatic heterocycles. The Morgan fingerprint density at radius 1 is 1.05 bits per heavy atom. The van der Waals surface area contributed by atoms with Crippen LogP contribution in [0.15, 0.2) is 0 Å². The van der Waals surface area contributed by atoms with E-state index in [1.807, 2.05) is 0 Å². The molecule has 124 valence electrons. The zero-order chi connectivity index (χ0) is 15.8. The Balaban J connectivity index is 2.11. The summed E-state index contributed by atoms with van der Waals surface area (Å²) in [6, 6.07) is 0. The van der Waals surface area contributed by atoms with Crippen molar-refractivity contribution < 1.29 is 8.42 Å². The van der Waals surface area contributed by atoms with Gasteiger partial charge < -0.3 is 0 Å². The van der Waals surface area contributed by atoms with Gasteiger partial charge in [-0.25, -0.2) is 8.42 Å². The van der Waals surface area contributed by atoms with E-state index in [0.29, 0.717) is 16.7 Å². The van der Waals surface area contributed by atoms with Gasteiger partial charge in [0.25, 0.3) is 0 Å². The van der Waals surface area contributed by atoms with Gasteiger partial charge in [0.2, 0.25) is 0 Å². The van der Waals surface area contributed by atoms with Crippen molar-refractivity contribution >= 4 is 25.8 Å². The molecule has 0 saturated heterocycles. The van der Waals surface area contributed by atoms with Crippen molar-refractivity contribution in [3.05, 3.63) is 0 Å².